The Bertz CT molecular complexity index is 391. The molecule has 19 heavy (non-hydrogen) atoms. The number of rotatable bonds is 1. The van der Waals surface area contributed by atoms with Crippen LogP contribution in [0.3, 0.4) is 0 Å². The summed E-state index contributed by atoms with van der Waals surface area (Å²) >= 11 is 0. The van der Waals surface area contributed by atoms with Crippen LogP contribution in [0.4, 0.5) is 4.79 Å². The van der Waals surface area contributed by atoms with Crippen molar-refractivity contribution in [2.75, 3.05) is 13.7 Å². The van der Waals surface area contributed by atoms with Gasteiger partial charge in [-0.15, -0.1) is 6.42 Å². The number of terminal acetylenes is 1. The van der Waals surface area contributed by atoms with Crippen molar-refractivity contribution in [1.29, 1.82) is 0 Å². The first-order chi connectivity index (χ1) is 8.78. The van der Waals surface area contributed by atoms with Crippen LogP contribution in [0.2, 0.25) is 0 Å². The van der Waals surface area contributed by atoms with Crippen LogP contribution in [0.5, 0.6) is 0 Å². The molecular formula is C14H21NO4. The summed E-state index contributed by atoms with van der Waals surface area (Å²) in [6, 6.07) is -0.323. The van der Waals surface area contributed by atoms with Crippen LogP contribution in [-0.4, -0.2) is 42.3 Å². The molecule has 1 aliphatic rings. The monoisotopic (exact) mass is 267 g/mol. The number of amides is 1. The minimum Gasteiger partial charge on any atom is -0.469 e. The zero-order valence-corrected chi connectivity index (χ0v) is 11.9. The van der Waals surface area contributed by atoms with E-state index in [1.807, 2.05) is 0 Å². The molecule has 1 rings (SSSR count). The van der Waals surface area contributed by atoms with Gasteiger partial charge >= 0.3 is 12.1 Å². The highest BCUT2D eigenvalue weighted by Crippen LogP contribution is 2.24. The van der Waals surface area contributed by atoms with Gasteiger partial charge in [-0.1, -0.05) is 5.92 Å². The Hall–Kier alpha value is -1.70. The lowest BCUT2D eigenvalue weighted by molar-refractivity contribution is -0.147. The van der Waals surface area contributed by atoms with Gasteiger partial charge in [0.05, 0.1) is 19.1 Å². The molecule has 106 valence electrons. The summed E-state index contributed by atoms with van der Waals surface area (Å²) < 4.78 is 10.0. The van der Waals surface area contributed by atoms with E-state index in [-0.39, 0.29) is 24.5 Å². The van der Waals surface area contributed by atoms with Crippen molar-refractivity contribution >= 4 is 12.1 Å². The number of hydrogen-bond donors (Lipinski definition) is 0. The summed E-state index contributed by atoms with van der Waals surface area (Å²) in [5.41, 5.74) is -0.589. The van der Waals surface area contributed by atoms with Gasteiger partial charge in [0.25, 0.3) is 0 Å². The fourth-order valence-corrected chi connectivity index (χ4v) is 2.03. The quantitative estimate of drug-likeness (QED) is 0.537. The lowest BCUT2D eigenvalue weighted by atomic mass is 9.93. The van der Waals surface area contributed by atoms with E-state index in [1.54, 1.807) is 20.8 Å². The Kier molecular flexibility index (Phi) is 4.82. The van der Waals surface area contributed by atoms with Crippen molar-refractivity contribution in [2.24, 2.45) is 5.92 Å². The molecule has 0 radical (unpaired) electrons. The topological polar surface area (TPSA) is 55.8 Å². The molecule has 0 N–H and O–H groups in total. The molecule has 1 saturated heterocycles. The fraction of sp³-hybridized carbons (Fsp3) is 0.714. The molecule has 5 nitrogen and oxygen atoms in total. The molecule has 0 aromatic heterocycles. The molecular weight excluding hydrogens is 246 g/mol. The maximum atomic E-state index is 12.1. The van der Waals surface area contributed by atoms with E-state index in [1.165, 1.54) is 12.0 Å². The van der Waals surface area contributed by atoms with E-state index < -0.39 is 11.7 Å². The standard InChI is InChI=1S/C14H21NO4/c1-6-11-8-7-10(12(16)18-5)9-15(11)13(17)19-14(2,3)4/h1,10-11H,7-9H2,2-5H3/t10-,11-/m0/s1. The first-order valence-corrected chi connectivity index (χ1v) is 6.32. The second kappa shape index (κ2) is 5.96. The molecule has 5 heteroatoms. The molecule has 0 unspecified atom stereocenters. The largest absolute Gasteiger partial charge is 0.469 e. The first kappa shape index (κ1) is 15.4. The molecule has 1 heterocycles. The summed E-state index contributed by atoms with van der Waals surface area (Å²) in [7, 11) is 1.34. The number of methoxy groups -OCH3 is 1. The van der Waals surface area contributed by atoms with Crippen molar-refractivity contribution in [3.8, 4) is 12.3 Å². The lowest BCUT2D eigenvalue weighted by Crippen LogP contribution is -2.49. The van der Waals surface area contributed by atoms with Gasteiger partial charge in [0.1, 0.15) is 5.60 Å². The second-order valence-electron chi connectivity index (χ2n) is 5.61. The summed E-state index contributed by atoms with van der Waals surface area (Å²) in [6.45, 7) is 5.61. The van der Waals surface area contributed by atoms with Gasteiger partial charge in [-0.3, -0.25) is 9.69 Å². The number of nitrogens with zero attached hydrogens (tertiary/aromatic N) is 1. The highest BCUT2D eigenvalue weighted by Gasteiger charge is 2.36. The fourth-order valence-electron chi connectivity index (χ4n) is 2.03. The van der Waals surface area contributed by atoms with Gasteiger partial charge in [-0.05, 0) is 33.6 Å². The Morgan fingerprint density at radius 3 is 2.42 bits per heavy atom. The van der Waals surface area contributed by atoms with Crippen molar-refractivity contribution in [1.82, 2.24) is 4.90 Å². The summed E-state index contributed by atoms with van der Waals surface area (Å²) in [4.78, 5) is 25.1. The Balaban J connectivity index is 2.78. The number of ether oxygens (including phenoxy) is 2. The number of esters is 1. The Labute approximate surface area is 114 Å². The van der Waals surface area contributed by atoms with Gasteiger partial charge in [0.15, 0.2) is 0 Å². The van der Waals surface area contributed by atoms with E-state index in [2.05, 4.69) is 5.92 Å². The van der Waals surface area contributed by atoms with Crippen LogP contribution in [0.25, 0.3) is 0 Å². The number of carbonyl (C=O) groups excluding carboxylic acids is 2. The zero-order valence-electron chi connectivity index (χ0n) is 11.9. The third kappa shape index (κ3) is 4.16. The van der Waals surface area contributed by atoms with Gasteiger partial charge in [-0.25, -0.2) is 4.79 Å². The van der Waals surface area contributed by atoms with E-state index in [0.29, 0.717) is 12.8 Å². The van der Waals surface area contributed by atoms with Gasteiger partial charge in [0, 0.05) is 6.54 Å². The predicted octanol–water partition coefficient (Wildman–Crippen LogP) is 1.81. The van der Waals surface area contributed by atoms with Crippen molar-refractivity contribution in [3.63, 3.8) is 0 Å². The minimum atomic E-state index is -0.589. The normalized spacial score (nSPS) is 23.4. The average molecular weight is 267 g/mol. The van der Waals surface area contributed by atoms with Crippen molar-refractivity contribution < 1.29 is 19.1 Å². The predicted molar refractivity (Wildman–Crippen MR) is 70.3 cm³/mol. The molecule has 0 aliphatic carbocycles. The maximum absolute atomic E-state index is 12.1. The summed E-state index contributed by atoms with van der Waals surface area (Å²) in [6.07, 6.45) is 6.16. The number of hydrogen-bond acceptors (Lipinski definition) is 4. The molecule has 1 fully saturated rings. The van der Waals surface area contributed by atoms with E-state index in [4.69, 9.17) is 15.9 Å². The smallest absolute Gasteiger partial charge is 0.411 e. The number of piperidine rings is 1. The molecule has 0 bridgehead atoms. The highest BCUT2D eigenvalue weighted by atomic mass is 16.6. The molecule has 2 atom stereocenters. The van der Waals surface area contributed by atoms with Crippen LogP contribution in [0, 0.1) is 18.3 Å². The number of likely N-dealkylation sites (tertiary alicyclic amines) is 1. The maximum Gasteiger partial charge on any atom is 0.411 e. The highest BCUT2D eigenvalue weighted by molar-refractivity contribution is 5.75. The van der Waals surface area contributed by atoms with Crippen molar-refractivity contribution in [2.45, 2.75) is 45.3 Å². The Morgan fingerprint density at radius 2 is 1.95 bits per heavy atom. The van der Waals surface area contributed by atoms with E-state index in [9.17, 15) is 9.59 Å². The first-order valence-electron chi connectivity index (χ1n) is 6.32. The molecule has 0 aromatic carbocycles. The minimum absolute atomic E-state index is 0.246. The van der Waals surface area contributed by atoms with Gasteiger partial charge in [0.2, 0.25) is 0 Å². The Morgan fingerprint density at radius 1 is 1.32 bits per heavy atom. The van der Waals surface area contributed by atoms with Gasteiger partial charge in [-0.2, -0.15) is 0 Å². The zero-order chi connectivity index (χ0) is 14.6. The van der Waals surface area contributed by atoms with Crippen LogP contribution < -0.4 is 0 Å². The molecule has 1 amide bonds. The van der Waals surface area contributed by atoms with E-state index >= 15 is 0 Å². The van der Waals surface area contributed by atoms with Crippen molar-refractivity contribution in [3.05, 3.63) is 0 Å². The van der Waals surface area contributed by atoms with Gasteiger partial charge < -0.3 is 9.47 Å². The SMILES string of the molecule is C#C[C@H]1CC[C@H](C(=O)OC)CN1C(=O)OC(C)(C)C. The van der Waals surface area contributed by atoms with E-state index in [0.717, 1.165) is 0 Å². The summed E-state index contributed by atoms with van der Waals surface area (Å²) in [5, 5.41) is 0. The summed E-state index contributed by atoms with van der Waals surface area (Å²) in [5.74, 6) is 1.92. The van der Waals surface area contributed by atoms with Crippen LogP contribution in [-0.2, 0) is 14.3 Å². The molecule has 0 aromatic rings. The third-order valence-electron chi connectivity index (χ3n) is 2.94. The van der Waals surface area contributed by atoms with Crippen LogP contribution >= 0.6 is 0 Å². The van der Waals surface area contributed by atoms with Crippen LogP contribution in [0.1, 0.15) is 33.6 Å². The molecule has 1 aliphatic heterocycles. The molecule has 0 saturated carbocycles. The molecule has 0 spiro atoms. The second-order valence-corrected chi connectivity index (χ2v) is 5.61. The third-order valence-corrected chi connectivity index (χ3v) is 2.94. The van der Waals surface area contributed by atoms with Crippen LogP contribution in [0.15, 0.2) is 0 Å². The lowest BCUT2D eigenvalue weighted by Gasteiger charge is -2.36. The average Bonchev–Trinajstić information content (AvgIpc) is 2.35. The number of carbonyl (C=O) groups is 2.